The normalized spacial score (nSPS) is 26.0. The van der Waals surface area contributed by atoms with E-state index >= 15 is 4.39 Å². The fraction of sp³-hybridized carbons (Fsp3) is 0.600. The molecule has 2 aliphatic heterocycles. The van der Waals surface area contributed by atoms with Gasteiger partial charge in [0, 0.05) is 48.4 Å². The second-order valence-electron chi connectivity index (χ2n) is 8.65. The van der Waals surface area contributed by atoms with Crippen molar-refractivity contribution in [3.05, 3.63) is 39.7 Å². The maximum Gasteiger partial charge on any atom is 0.413 e. The van der Waals surface area contributed by atoms with Crippen LogP contribution in [0.5, 0.6) is 0 Å². The highest BCUT2D eigenvalue weighted by atomic mass is 32.2. The van der Waals surface area contributed by atoms with Gasteiger partial charge in [-0.25, -0.2) is 14.2 Å². The van der Waals surface area contributed by atoms with E-state index in [-0.39, 0.29) is 42.0 Å². The molecule has 0 bridgehead atoms. The number of amidine groups is 1. The smallest absolute Gasteiger partial charge is 0.413 e. The van der Waals surface area contributed by atoms with E-state index < -0.39 is 34.0 Å². The quantitative estimate of drug-likeness (QED) is 0.541. The van der Waals surface area contributed by atoms with Crippen molar-refractivity contribution in [2.24, 2.45) is 10.9 Å². The van der Waals surface area contributed by atoms with Gasteiger partial charge in [0.05, 0.1) is 29.8 Å². The average Bonchev–Trinajstić information content (AvgIpc) is 2.66. The number of thioether (sulfide) groups is 1. The van der Waals surface area contributed by atoms with E-state index in [1.54, 1.807) is 20.8 Å². The predicted molar refractivity (Wildman–Crippen MR) is 114 cm³/mol. The number of rotatable bonds is 4. The van der Waals surface area contributed by atoms with Gasteiger partial charge in [-0.05, 0) is 26.8 Å². The van der Waals surface area contributed by atoms with Crippen molar-refractivity contribution < 1.29 is 28.7 Å². The summed E-state index contributed by atoms with van der Waals surface area (Å²) >= 11 is 1.26. The number of ether oxygens (including phenoxy) is 2. The fourth-order valence-electron chi connectivity index (χ4n) is 4.08. The first-order valence-corrected chi connectivity index (χ1v) is 10.8. The van der Waals surface area contributed by atoms with Crippen molar-refractivity contribution in [2.45, 2.75) is 44.4 Å². The van der Waals surface area contributed by atoms with E-state index in [0.717, 1.165) is 17.0 Å². The van der Waals surface area contributed by atoms with Crippen LogP contribution in [0.3, 0.4) is 0 Å². The lowest BCUT2D eigenvalue weighted by atomic mass is 9.73. The highest BCUT2D eigenvalue weighted by Gasteiger charge is 2.51. The number of hydrogen-bond acceptors (Lipinski definition) is 7. The molecule has 1 fully saturated rings. The van der Waals surface area contributed by atoms with Crippen molar-refractivity contribution in [3.63, 3.8) is 0 Å². The first-order valence-electron chi connectivity index (χ1n) is 9.80. The maximum absolute atomic E-state index is 15.1. The molecule has 1 amide bonds. The summed E-state index contributed by atoms with van der Waals surface area (Å²) in [7, 11) is 1.52. The van der Waals surface area contributed by atoms with E-state index in [4.69, 9.17) is 14.5 Å². The highest BCUT2D eigenvalue weighted by molar-refractivity contribution is 8.13. The Morgan fingerprint density at radius 1 is 1.52 bits per heavy atom. The molecule has 2 heterocycles. The molecule has 11 heteroatoms. The van der Waals surface area contributed by atoms with Crippen LogP contribution in [-0.2, 0) is 15.0 Å². The summed E-state index contributed by atoms with van der Waals surface area (Å²) < 4.78 is 26.2. The summed E-state index contributed by atoms with van der Waals surface area (Å²) in [6.07, 6.45) is -1.38. The third-order valence-corrected chi connectivity index (χ3v) is 6.59. The zero-order valence-corrected chi connectivity index (χ0v) is 18.6. The van der Waals surface area contributed by atoms with E-state index in [1.807, 2.05) is 0 Å². The molecule has 1 aromatic rings. The lowest BCUT2D eigenvalue weighted by Gasteiger charge is -2.48. The minimum Gasteiger partial charge on any atom is -0.465 e. The molecule has 3 rings (SSSR count). The maximum atomic E-state index is 15.1. The molecule has 1 N–H and O–H groups in total. The van der Waals surface area contributed by atoms with Crippen LogP contribution in [0.1, 0.15) is 32.8 Å². The van der Waals surface area contributed by atoms with Gasteiger partial charge in [0.1, 0.15) is 5.82 Å². The monoisotopic (exact) mass is 455 g/mol. The van der Waals surface area contributed by atoms with Crippen LogP contribution in [0.25, 0.3) is 0 Å². The summed E-state index contributed by atoms with van der Waals surface area (Å²) in [6.45, 7) is 5.73. The number of nitrogens with zero attached hydrogens (tertiary/aromatic N) is 3. The molecule has 2 aliphatic rings. The molecule has 0 spiro atoms. The number of hydrogen-bond donors (Lipinski definition) is 1. The van der Waals surface area contributed by atoms with Crippen LogP contribution in [-0.4, -0.2) is 63.9 Å². The lowest BCUT2D eigenvalue weighted by molar-refractivity contribution is -0.385. The summed E-state index contributed by atoms with van der Waals surface area (Å²) in [4.78, 5) is 28.8. The zero-order valence-electron chi connectivity index (χ0n) is 17.8. The summed E-state index contributed by atoms with van der Waals surface area (Å²) in [5.41, 5.74) is -2.17. The molecule has 9 nitrogen and oxygen atoms in total. The Hall–Kier alpha value is -2.24. The Bertz CT molecular complexity index is 905. The Kier molecular flexibility index (Phi) is 6.59. The van der Waals surface area contributed by atoms with Gasteiger partial charge < -0.3 is 14.6 Å². The van der Waals surface area contributed by atoms with Crippen LogP contribution >= 0.6 is 11.8 Å². The van der Waals surface area contributed by atoms with Gasteiger partial charge in [-0.15, -0.1) is 0 Å². The first kappa shape index (κ1) is 23.4. The van der Waals surface area contributed by atoms with Gasteiger partial charge in [-0.2, -0.15) is 0 Å². The minimum atomic E-state index is -1.21. The van der Waals surface area contributed by atoms with E-state index in [1.165, 1.54) is 24.9 Å². The van der Waals surface area contributed by atoms with Gasteiger partial charge >= 0.3 is 6.09 Å². The van der Waals surface area contributed by atoms with Crippen molar-refractivity contribution in [1.29, 1.82) is 0 Å². The van der Waals surface area contributed by atoms with Crippen LogP contribution < -0.4 is 0 Å². The number of methoxy groups -OCH3 is 1. The number of benzene rings is 1. The zero-order chi connectivity index (χ0) is 23.0. The average molecular weight is 456 g/mol. The standard InChI is InChI=1S/C20H26FN3O6S/c1-19(2,3)23(18(25)26)17-22-20(15-7-13(24(27)28)5-6-16(15)21)8-14(10-29-4)30-9-12(20)11-31-17/h5-7,12,14H,8-11H2,1-4H3,(H,25,26)/t12-,14+,20-/m0/s1. The number of nitro groups is 1. The number of halogens is 1. The largest absolute Gasteiger partial charge is 0.465 e. The van der Waals surface area contributed by atoms with Crippen LogP contribution in [0.4, 0.5) is 14.9 Å². The summed E-state index contributed by atoms with van der Waals surface area (Å²) in [6, 6.07) is 3.38. The number of carbonyl (C=O) groups is 1. The fourth-order valence-corrected chi connectivity index (χ4v) is 5.51. The second kappa shape index (κ2) is 8.71. The topological polar surface area (TPSA) is 114 Å². The lowest BCUT2D eigenvalue weighted by Crippen LogP contribution is -2.54. The number of non-ortho nitro benzene ring substituents is 1. The number of carboxylic acid groups (broad SMARTS) is 1. The molecule has 170 valence electrons. The van der Waals surface area contributed by atoms with Gasteiger partial charge in [0.15, 0.2) is 5.17 Å². The Labute approximate surface area is 183 Å². The molecule has 0 aliphatic carbocycles. The highest BCUT2D eigenvalue weighted by Crippen LogP contribution is 2.49. The number of fused-ring (bicyclic) bond motifs is 1. The summed E-state index contributed by atoms with van der Waals surface area (Å²) in [5.74, 6) is -0.483. The SMILES string of the molecule is COC[C@H]1C[C@]2(c3cc([N+](=O)[O-])ccc3F)N=C(N(C(=O)O)C(C)(C)C)SC[C@@H]2CO1. The predicted octanol–water partition coefficient (Wildman–Crippen LogP) is 3.86. The van der Waals surface area contributed by atoms with Gasteiger partial charge in [-0.1, -0.05) is 11.8 Å². The molecule has 0 saturated carbocycles. The second-order valence-corrected chi connectivity index (χ2v) is 9.64. The first-order chi connectivity index (χ1) is 14.5. The van der Waals surface area contributed by atoms with Crippen molar-refractivity contribution in [1.82, 2.24) is 4.90 Å². The molecular weight excluding hydrogens is 429 g/mol. The third-order valence-electron chi connectivity index (χ3n) is 5.49. The molecule has 3 atom stereocenters. The Morgan fingerprint density at radius 2 is 2.23 bits per heavy atom. The molecule has 31 heavy (non-hydrogen) atoms. The van der Waals surface area contributed by atoms with E-state index in [2.05, 4.69) is 0 Å². The van der Waals surface area contributed by atoms with Crippen LogP contribution in [0.15, 0.2) is 23.2 Å². The van der Waals surface area contributed by atoms with Crippen molar-refractivity contribution in [2.75, 3.05) is 26.1 Å². The molecule has 0 radical (unpaired) electrons. The molecule has 1 saturated heterocycles. The molecular formula is C20H26FN3O6S. The molecule has 0 unspecified atom stereocenters. The summed E-state index contributed by atoms with van der Waals surface area (Å²) in [5, 5.41) is 21.5. The Morgan fingerprint density at radius 3 is 2.81 bits per heavy atom. The van der Waals surface area contributed by atoms with Crippen LogP contribution in [0.2, 0.25) is 0 Å². The molecule has 1 aromatic carbocycles. The minimum absolute atomic E-state index is 0.0770. The van der Waals surface area contributed by atoms with Crippen molar-refractivity contribution in [3.8, 4) is 0 Å². The van der Waals surface area contributed by atoms with Gasteiger partial charge in [0.25, 0.3) is 5.69 Å². The Balaban J connectivity index is 2.22. The molecule has 0 aromatic heterocycles. The third kappa shape index (κ3) is 4.53. The van der Waals surface area contributed by atoms with E-state index in [0.29, 0.717) is 5.75 Å². The number of aliphatic imine (C=N–C) groups is 1. The van der Waals surface area contributed by atoms with Gasteiger partial charge in [-0.3, -0.25) is 15.0 Å². The van der Waals surface area contributed by atoms with Crippen LogP contribution in [0, 0.1) is 21.8 Å². The van der Waals surface area contributed by atoms with E-state index in [9.17, 15) is 20.0 Å². The van der Waals surface area contributed by atoms with Crippen molar-refractivity contribution >= 4 is 28.7 Å². The number of amides is 1. The number of nitro benzene ring substituents is 1. The van der Waals surface area contributed by atoms with Gasteiger partial charge in [0.2, 0.25) is 0 Å².